The summed E-state index contributed by atoms with van der Waals surface area (Å²) >= 11 is 0. The number of aromatic nitrogens is 1. The summed E-state index contributed by atoms with van der Waals surface area (Å²) in [6, 6.07) is -1.56. The van der Waals surface area contributed by atoms with Crippen LogP contribution >= 0.6 is 0 Å². The highest BCUT2D eigenvalue weighted by molar-refractivity contribution is 7.80. The highest BCUT2D eigenvalue weighted by Crippen LogP contribution is 2.38. The van der Waals surface area contributed by atoms with Crippen molar-refractivity contribution in [3.8, 4) is 0 Å². The first-order valence-electron chi connectivity index (χ1n) is 10.8. The van der Waals surface area contributed by atoms with Crippen molar-refractivity contribution in [2.45, 2.75) is 57.8 Å². The summed E-state index contributed by atoms with van der Waals surface area (Å²) in [7, 11) is -4.79. The molecule has 0 aromatic carbocycles. The average molecular weight is 488 g/mol. The van der Waals surface area contributed by atoms with Gasteiger partial charge in [-0.2, -0.15) is 13.5 Å². The van der Waals surface area contributed by atoms with Gasteiger partial charge in [-0.1, -0.05) is 0 Å². The second kappa shape index (κ2) is 8.74. The van der Waals surface area contributed by atoms with Crippen molar-refractivity contribution in [1.29, 1.82) is 0 Å². The molecule has 3 amide bonds. The molecule has 4 rings (SSSR count). The van der Waals surface area contributed by atoms with E-state index in [0.29, 0.717) is 62.3 Å². The second-order valence-corrected chi connectivity index (χ2v) is 10.4. The molecule has 184 valence electrons. The van der Waals surface area contributed by atoms with E-state index in [1.54, 1.807) is 11.1 Å². The van der Waals surface area contributed by atoms with E-state index in [1.165, 1.54) is 4.90 Å². The highest BCUT2D eigenvalue weighted by atomic mass is 32.3. The van der Waals surface area contributed by atoms with E-state index >= 15 is 0 Å². The van der Waals surface area contributed by atoms with Crippen molar-refractivity contribution in [1.82, 2.24) is 24.7 Å². The van der Waals surface area contributed by atoms with Gasteiger partial charge in [0.25, 0.3) is 0 Å². The predicted molar refractivity (Wildman–Crippen MR) is 112 cm³/mol. The summed E-state index contributed by atoms with van der Waals surface area (Å²) in [5.74, 6) is 1.01. The number of amides is 3. The first-order chi connectivity index (χ1) is 15.4. The van der Waals surface area contributed by atoms with Gasteiger partial charge in [0.05, 0.1) is 18.8 Å². The molecule has 0 saturated carbocycles. The molecule has 14 heteroatoms. The third kappa shape index (κ3) is 5.57. The SMILES string of the molecule is CC(C)(C)OC(=O)N1CCN(Cc2cnc([C@@H]3CC[C@@H]4CN3C(=O)N4OS(=O)(=O)O)o2)CC1. The van der Waals surface area contributed by atoms with Gasteiger partial charge >= 0.3 is 22.5 Å². The second-order valence-electron chi connectivity index (χ2n) is 9.42. The first-order valence-corrected chi connectivity index (χ1v) is 12.2. The van der Waals surface area contributed by atoms with Crippen LogP contribution < -0.4 is 0 Å². The minimum atomic E-state index is -4.79. The highest BCUT2D eigenvalue weighted by Gasteiger charge is 2.49. The monoisotopic (exact) mass is 487 g/mol. The molecule has 3 aliphatic rings. The summed E-state index contributed by atoms with van der Waals surface area (Å²) in [5.41, 5.74) is -0.532. The molecule has 1 aromatic heterocycles. The summed E-state index contributed by atoms with van der Waals surface area (Å²) < 4.78 is 46.8. The maximum absolute atomic E-state index is 12.6. The molecule has 13 nitrogen and oxygen atoms in total. The number of piperidine rings is 1. The van der Waals surface area contributed by atoms with E-state index in [0.717, 1.165) is 0 Å². The molecule has 2 atom stereocenters. The van der Waals surface area contributed by atoms with E-state index in [9.17, 15) is 18.0 Å². The van der Waals surface area contributed by atoms with Gasteiger partial charge in [-0.3, -0.25) is 9.45 Å². The molecule has 3 fully saturated rings. The smallest absolute Gasteiger partial charge is 0.418 e. The Kier molecular flexibility index (Phi) is 6.28. The van der Waals surface area contributed by atoms with Crippen molar-refractivity contribution >= 4 is 22.5 Å². The number of piperazine rings is 1. The standard InChI is InChI=1S/C19H29N5O8S/c1-19(2,3)31-18(26)22-8-6-21(7-9-22)12-14-10-20-16(30-14)15-5-4-13-11-23(15)17(25)24(13)32-33(27,28)29/h10,13,15H,4-9,11-12H2,1-3H3,(H,27,28,29)/t13-,15+/m1/s1. The number of carbonyl (C=O) groups is 2. The number of hydroxylamine groups is 2. The predicted octanol–water partition coefficient (Wildman–Crippen LogP) is 1.40. The zero-order valence-electron chi connectivity index (χ0n) is 18.8. The lowest BCUT2D eigenvalue weighted by atomic mass is 10.0. The normalized spacial score (nSPS) is 24.5. The Bertz CT molecular complexity index is 998. The topological polar surface area (TPSA) is 146 Å². The van der Waals surface area contributed by atoms with Crippen LogP contribution in [0.4, 0.5) is 9.59 Å². The summed E-state index contributed by atoms with van der Waals surface area (Å²) in [5, 5.41) is 0.698. The van der Waals surface area contributed by atoms with Crippen molar-refractivity contribution in [3.05, 3.63) is 17.8 Å². The maximum Gasteiger partial charge on any atom is 0.418 e. The van der Waals surface area contributed by atoms with Crippen LogP contribution in [0.25, 0.3) is 0 Å². The van der Waals surface area contributed by atoms with Crippen LogP contribution in [0.5, 0.6) is 0 Å². The molecule has 1 aromatic rings. The number of hydrogen-bond acceptors (Lipinski definition) is 9. The molecule has 3 aliphatic heterocycles. The molecule has 0 aliphatic carbocycles. The molecular formula is C19H29N5O8S. The van der Waals surface area contributed by atoms with Crippen molar-refractivity contribution in [2.24, 2.45) is 0 Å². The largest absolute Gasteiger partial charge is 0.444 e. The van der Waals surface area contributed by atoms with Crippen LogP contribution in [-0.4, -0.2) is 94.2 Å². The van der Waals surface area contributed by atoms with Crippen LogP contribution in [0.1, 0.15) is 51.3 Å². The van der Waals surface area contributed by atoms with Crippen LogP contribution in [0, 0.1) is 0 Å². The third-order valence-electron chi connectivity index (χ3n) is 5.76. The van der Waals surface area contributed by atoms with E-state index in [4.69, 9.17) is 13.7 Å². The van der Waals surface area contributed by atoms with Crippen molar-refractivity contribution < 1.29 is 36.0 Å². The zero-order chi connectivity index (χ0) is 24.0. The number of urea groups is 1. The third-order valence-corrected chi connectivity index (χ3v) is 6.11. The lowest BCUT2D eigenvalue weighted by molar-refractivity contribution is -0.0317. The van der Waals surface area contributed by atoms with Gasteiger partial charge in [0, 0.05) is 32.7 Å². The van der Waals surface area contributed by atoms with Crippen molar-refractivity contribution in [3.63, 3.8) is 0 Å². The van der Waals surface area contributed by atoms with E-state index < -0.39 is 34.1 Å². The first kappa shape index (κ1) is 23.7. The number of ether oxygens (including phenoxy) is 1. The minimum Gasteiger partial charge on any atom is -0.444 e. The van der Waals surface area contributed by atoms with E-state index in [2.05, 4.69) is 14.2 Å². The fourth-order valence-electron chi connectivity index (χ4n) is 4.27. The Balaban J connectivity index is 1.32. The van der Waals surface area contributed by atoms with Gasteiger partial charge in [0.2, 0.25) is 5.89 Å². The summed E-state index contributed by atoms with van der Waals surface area (Å²) in [4.78, 5) is 34.4. The van der Waals surface area contributed by atoms with Gasteiger partial charge in [-0.05, 0) is 33.6 Å². The Morgan fingerprint density at radius 1 is 1.24 bits per heavy atom. The zero-order valence-corrected chi connectivity index (χ0v) is 19.7. The number of carbonyl (C=O) groups excluding carboxylic acids is 2. The average Bonchev–Trinajstić information content (AvgIpc) is 3.26. The maximum atomic E-state index is 12.6. The van der Waals surface area contributed by atoms with Gasteiger partial charge in [-0.25, -0.2) is 14.6 Å². The fourth-order valence-corrected chi connectivity index (χ4v) is 4.66. The molecule has 33 heavy (non-hydrogen) atoms. The molecular weight excluding hydrogens is 458 g/mol. The number of fused-ring (bicyclic) bond motifs is 2. The van der Waals surface area contributed by atoms with Crippen LogP contribution in [0.3, 0.4) is 0 Å². The lowest BCUT2D eigenvalue weighted by Gasteiger charge is -2.35. The van der Waals surface area contributed by atoms with Gasteiger partial charge < -0.3 is 19.0 Å². The van der Waals surface area contributed by atoms with Crippen LogP contribution in [0.15, 0.2) is 10.6 Å². The van der Waals surface area contributed by atoms with Gasteiger partial charge in [0.1, 0.15) is 17.4 Å². The van der Waals surface area contributed by atoms with E-state index in [-0.39, 0.29) is 12.6 Å². The van der Waals surface area contributed by atoms with Crippen LogP contribution in [0.2, 0.25) is 0 Å². The molecule has 0 radical (unpaired) electrons. The summed E-state index contributed by atoms with van der Waals surface area (Å²) in [6.07, 6.45) is 2.31. The molecule has 4 heterocycles. The Morgan fingerprint density at radius 2 is 1.94 bits per heavy atom. The number of rotatable bonds is 5. The molecule has 0 unspecified atom stereocenters. The molecule has 1 N–H and O–H groups in total. The number of hydrogen-bond donors (Lipinski definition) is 1. The van der Waals surface area contributed by atoms with E-state index in [1.807, 2.05) is 20.8 Å². The summed E-state index contributed by atoms with van der Waals surface area (Å²) in [6.45, 7) is 8.69. The molecule has 2 bridgehead atoms. The number of nitrogens with zero attached hydrogens (tertiary/aromatic N) is 5. The fraction of sp³-hybridized carbons (Fsp3) is 0.737. The van der Waals surface area contributed by atoms with Gasteiger partial charge in [-0.15, -0.1) is 4.28 Å². The van der Waals surface area contributed by atoms with Crippen molar-refractivity contribution in [2.75, 3.05) is 32.7 Å². The molecule has 3 saturated heterocycles. The van der Waals surface area contributed by atoms with Gasteiger partial charge in [0.15, 0.2) is 0 Å². The Labute approximate surface area is 192 Å². The molecule has 0 spiro atoms. The Hall–Kier alpha value is -2.42. The number of oxazole rings is 1. The minimum absolute atomic E-state index is 0.253. The quantitative estimate of drug-likeness (QED) is 0.605. The Morgan fingerprint density at radius 3 is 2.58 bits per heavy atom. The van der Waals surface area contributed by atoms with Crippen LogP contribution in [-0.2, 0) is 26.0 Å². The lowest BCUT2D eigenvalue weighted by Crippen LogP contribution is -2.49.